The molecule has 2 aromatic carbocycles. The average Bonchev–Trinajstić information content (AvgIpc) is 2.83. The largest absolute Gasteiger partial charge is 0.351 e. The molecular weight excluding hydrogens is 244 g/mol. The fourth-order valence-corrected chi connectivity index (χ4v) is 2.41. The summed E-state index contributed by atoms with van der Waals surface area (Å²) in [6, 6.07) is 21.0. The van der Waals surface area contributed by atoms with Gasteiger partial charge in [-0.15, -0.1) is 0 Å². The van der Waals surface area contributed by atoms with Crippen LogP contribution in [-0.4, -0.2) is 11.6 Å². The van der Waals surface area contributed by atoms with Crippen LogP contribution >= 0.6 is 0 Å². The minimum absolute atomic E-state index is 1.18. The highest BCUT2D eigenvalue weighted by atomic mass is 15.1. The molecule has 1 aromatic heterocycles. The van der Waals surface area contributed by atoms with Crippen molar-refractivity contribution >= 4 is 22.7 Å². The standard InChI is InChI=1S/C18H18N2/c1-19(16-9-4-3-5-10-16)13-12-17-14-15-8-6-7-11-18(15)20(17)2/h3-14H,1-2H3/b13-12+. The van der Waals surface area contributed by atoms with Crippen molar-refractivity contribution in [2.24, 2.45) is 7.05 Å². The van der Waals surface area contributed by atoms with E-state index in [1.165, 1.54) is 22.3 Å². The van der Waals surface area contributed by atoms with Gasteiger partial charge in [-0.3, -0.25) is 0 Å². The molecule has 0 bridgehead atoms. The minimum atomic E-state index is 1.18. The van der Waals surface area contributed by atoms with Crippen LogP contribution in [0.1, 0.15) is 5.69 Å². The smallest absolute Gasteiger partial charge is 0.0482 e. The monoisotopic (exact) mass is 262 g/mol. The fourth-order valence-electron chi connectivity index (χ4n) is 2.41. The molecule has 0 aliphatic carbocycles. The Hall–Kier alpha value is -2.48. The molecule has 3 rings (SSSR count). The molecule has 0 amide bonds. The first kappa shape index (κ1) is 12.5. The molecule has 0 aliphatic rings. The van der Waals surface area contributed by atoms with Crippen LogP contribution in [0.4, 0.5) is 5.69 Å². The van der Waals surface area contributed by atoms with Gasteiger partial charge in [-0.25, -0.2) is 0 Å². The number of anilines is 1. The molecule has 0 spiro atoms. The molecule has 0 fully saturated rings. The van der Waals surface area contributed by atoms with Crippen molar-refractivity contribution in [2.45, 2.75) is 0 Å². The van der Waals surface area contributed by atoms with Gasteiger partial charge in [-0.05, 0) is 30.3 Å². The van der Waals surface area contributed by atoms with Gasteiger partial charge in [0.1, 0.15) is 0 Å². The van der Waals surface area contributed by atoms with Crippen molar-refractivity contribution in [3.63, 3.8) is 0 Å². The van der Waals surface area contributed by atoms with Gasteiger partial charge in [0.15, 0.2) is 0 Å². The first-order valence-corrected chi connectivity index (χ1v) is 6.76. The lowest BCUT2D eigenvalue weighted by atomic mass is 10.2. The molecule has 0 radical (unpaired) electrons. The Morgan fingerprint density at radius 3 is 2.40 bits per heavy atom. The summed E-state index contributed by atoms with van der Waals surface area (Å²) < 4.78 is 2.21. The Labute approximate surface area is 119 Å². The summed E-state index contributed by atoms with van der Waals surface area (Å²) in [5.74, 6) is 0. The number of hydrogen-bond acceptors (Lipinski definition) is 1. The van der Waals surface area contributed by atoms with E-state index >= 15 is 0 Å². The highest BCUT2D eigenvalue weighted by Gasteiger charge is 2.02. The van der Waals surface area contributed by atoms with E-state index in [-0.39, 0.29) is 0 Å². The summed E-state index contributed by atoms with van der Waals surface area (Å²) in [4.78, 5) is 2.12. The maximum Gasteiger partial charge on any atom is 0.0482 e. The molecule has 100 valence electrons. The van der Waals surface area contributed by atoms with Gasteiger partial charge in [-0.1, -0.05) is 36.4 Å². The molecule has 0 atom stereocenters. The lowest BCUT2D eigenvalue weighted by Gasteiger charge is -2.13. The van der Waals surface area contributed by atoms with E-state index in [2.05, 4.69) is 90.4 Å². The predicted octanol–water partition coefficient (Wildman–Crippen LogP) is 4.29. The molecule has 0 N–H and O–H groups in total. The molecule has 20 heavy (non-hydrogen) atoms. The van der Waals surface area contributed by atoms with Crippen molar-refractivity contribution in [3.8, 4) is 0 Å². The minimum Gasteiger partial charge on any atom is -0.351 e. The number of para-hydroxylation sites is 2. The Balaban J connectivity index is 1.89. The third-order valence-electron chi connectivity index (χ3n) is 3.62. The zero-order valence-corrected chi connectivity index (χ0v) is 11.8. The summed E-state index contributed by atoms with van der Waals surface area (Å²) in [7, 11) is 4.17. The molecule has 2 nitrogen and oxygen atoms in total. The summed E-state index contributed by atoms with van der Waals surface area (Å²) >= 11 is 0. The number of rotatable bonds is 3. The highest BCUT2D eigenvalue weighted by molar-refractivity contribution is 5.83. The summed E-state index contributed by atoms with van der Waals surface area (Å²) in [6.45, 7) is 0. The van der Waals surface area contributed by atoms with Gasteiger partial charge in [-0.2, -0.15) is 0 Å². The van der Waals surface area contributed by atoms with Crippen LogP contribution < -0.4 is 4.90 Å². The van der Waals surface area contributed by atoms with Gasteiger partial charge < -0.3 is 9.47 Å². The maximum absolute atomic E-state index is 2.21. The van der Waals surface area contributed by atoms with Crippen molar-refractivity contribution < 1.29 is 0 Å². The lowest BCUT2D eigenvalue weighted by Crippen LogP contribution is -2.07. The summed E-state index contributed by atoms with van der Waals surface area (Å²) in [6.07, 6.45) is 4.25. The number of hydrogen-bond donors (Lipinski definition) is 0. The first-order chi connectivity index (χ1) is 9.75. The van der Waals surface area contributed by atoms with Crippen molar-refractivity contribution in [3.05, 3.63) is 72.6 Å². The fraction of sp³-hybridized carbons (Fsp3) is 0.111. The molecule has 1 heterocycles. The van der Waals surface area contributed by atoms with E-state index in [1.54, 1.807) is 0 Å². The lowest BCUT2D eigenvalue weighted by molar-refractivity contribution is 0.953. The number of benzene rings is 2. The topological polar surface area (TPSA) is 8.17 Å². The van der Waals surface area contributed by atoms with E-state index in [0.29, 0.717) is 0 Å². The molecule has 0 unspecified atom stereocenters. The van der Waals surface area contributed by atoms with Gasteiger partial charge >= 0.3 is 0 Å². The van der Waals surface area contributed by atoms with E-state index in [4.69, 9.17) is 0 Å². The highest BCUT2D eigenvalue weighted by Crippen LogP contribution is 2.20. The average molecular weight is 262 g/mol. The van der Waals surface area contributed by atoms with E-state index in [0.717, 1.165) is 0 Å². The Bertz CT molecular complexity index is 738. The SMILES string of the molecule is CN(/C=C/c1cc2ccccc2n1C)c1ccccc1. The third-order valence-corrected chi connectivity index (χ3v) is 3.62. The number of aromatic nitrogens is 1. The van der Waals surface area contributed by atoms with Crippen LogP contribution in [0.3, 0.4) is 0 Å². The predicted molar refractivity (Wildman–Crippen MR) is 86.8 cm³/mol. The van der Waals surface area contributed by atoms with Gasteiger partial charge in [0.25, 0.3) is 0 Å². The number of aryl methyl sites for hydroxylation is 1. The van der Waals surface area contributed by atoms with Crippen LogP contribution in [0.2, 0.25) is 0 Å². The van der Waals surface area contributed by atoms with Gasteiger partial charge in [0.05, 0.1) is 0 Å². The number of nitrogens with zero attached hydrogens (tertiary/aromatic N) is 2. The van der Waals surface area contributed by atoms with Crippen molar-refractivity contribution in [1.82, 2.24) is 4.57 Å². The maximum atomic E-state index is 2.21. The van der Waals surface area contributed by atoms with Crippen LogP contribution in [0.15, 0.2) is 66.9 Å². The van der Waals surface area contributed by atoms with Crippen LogP contribution in [0.25, 0.3) is 17.0 Å². The Morgan fingerprint density at radius 2 is 1.65 bits per heavy atom. The normalized spacial score (nSPS) is 11.3. The zero-order chi connectivity index (χ0) is 13.9. The zero-order valence-electron chi connectivity index (χ0n) is 11.8. The molecule has 0 saturated heterocycles. The second-order valence-corrected chi connectivity index (χ2v) is 4.95. The molecule has 0 aliphatic heterocycles. The quantitative estimate of drug-likeness (QED) is 0.683. The Morgan fingerprint density at radius 1 is 0.950 bits per heavy atom. The van der Waals surface area contributed by atoms with Crippen LogP contribution in [-0.2, 0) is 7.05 Å². The summed E-state index contributed by atoms with van der Waals surface area (Å²) in [5.41, 5.74) is 3.64. The molecule has 3 aromatic rings. The third kappa shape index (κ3) is 2.32. The van der Waals surface area contributed by atoms with Crippen LogP contribution in [0, 0.1) is 0 Å². The molecule has 2 heteroatoms. The molecular formula is C18H18N2. The molecule has 0 saturated carbocycles. The summed E-state index contributed by atoms with van der Waals surface area (Å²) in [5, 5.41) is 1.28. The van der Waals surface area contributed by atoms with Gasteiger partial charge in [0.2, 0.25) is 0 Å². The second kappa shape index (κ2) is 5.25. The van der Waals surface area contributed by atoms with Gasteiger partial charge in [0, 0.05) is 42.6 Å². The van der Waals surface area contributed by atoms with E-state index in [1.807, 2.05) is 6.07 Å². The van der Waals surface area contributed by atoms with Crippen molar-refractivity contribution in [2.75, 3.05) is 11.9 Å². The van der Waals surface area contributed by atoms with E-state index < -0.39 is 0 Å². The second-order valence-electron chi connectivity index (χ2n) is 4.95. The van der Waals surface area contributed by atoms with E-state index in [9.17, 15) is 0 Å². The van der Waals surface area contributed by atoms with Crippen molar-refractivity contribution in [1.29, 1.82) is 0 Å². The first-order valence-electron chi connectivity index (χ1n) is 6.76. The Kier molecular flexibility index (Phi) is 3.30. The number of fused-ring (bicyclic) bond motifs is 1. The van der Waals surface area contributed by atoms with Crippen LogP contribution in [0.5, 0.6) is 0 Å².